The standard InChI is InChI=1S/C86H97ClN12O24/c1-35(2)17-54(90-6)76(107)98-67-69(102)39-8-11-56(36(3)18-39)119-58-25-41-26-59(73(58)122-83-72(105)71(104)74-60(121-83)33-91-84(114)123-74)120-57-12-9-40(24-53(57)87)70(103)68-82(113)97-66(80(111)94-63-43-21-44-27-45-28-52(63)85(44,45)32-43)49-29-46(100)30-51-62(49)48-23-38(7-10-50(48)86(51,115)116)64(78(109)99-68)96-79(110)65(41)95-77(108)55(92-81(67)112)31-61(101)93-75(106)42-19-37(34-117-15-13-88-4)20-47(22-42)118-16-14-89-5/h7-12,18-20,22-26,29-30,35,43-45,52,54-55,60,63-72,74,83,88-90,100,102-105,115-116H,13-17,21,27-28,31-34H2,1-6H3,(H,91,114)(H,92,112)(H,94,111)(H,95,108)(H,96,110)(H,97,113)(H,98,107)(H,99,109)(H,93,101,106). The number of phenols is 1. The number of hydrogen-bond donors (Lipinski definition) is 19. The molecular formula is C86H97ClN12O24. The first-order valence-corrected chi connectivity index (χ1v) is 41.4. The fourth-order valence-electron chi connectivity index (χ4n) is 19.5. The van der Waals surface area contributed by atoms with Crippen molar-refractivity contribution in [1.82, 2.24) is 63.8 Å². The molecule has 37 heteroatoms. The molecule has 5 aliphatic carbocycles. The minimum atomic E-state index is -2.97. The van der Waals surface area contributed by atoms with E-state index in [1.54, 1.807) is 20.2 Å². The number of amides is 10. The molecule has 0 radical (unpaired) electrons. The molecule has 20 atom stereocenters. The summed E-state index contributed by atoms with van der Waals surface area (Å²) in [5, 5.41) is 118. The van der Waals surface area contributed by atoms with Gasteiger partial charge in [0.05, 0.1) is 37.2 Å². The number of aryl methyl sites for hydroxylation is 1. The van der Waals surface area contributed by atoms with E-state index in [1.807, 2.05) is 13.8 Å². The third-order valence-corrected chi connectivity index (χ3v) is 25.8. The van der Waals surface area contributed by atoms with Crippen LogP contribution in [0.5, 0.6) is 40.2 Å². The van der Waals surface area contributed by atoms with E-state index in [2.05, 4.69) is 63.8 Å². The number of carbonyl (C=O) groups is 10. The van der Waals surface area contributed by atoms with E-state index >= 15 is 28.8 Å². The largest absolute Gasteiger partial charge is 0.508 e. The highest BCUT2D eigenvalue weighted by atomic mass is 35.5. The van der Waals surface area contributed by atoms with Crippen LogP contribution in [0.25, 0.3) is 11.1 Å². The molecule has 652 valence electrons. The monoisotopic (exact) mass is 1720 g/mol. The topological polar surface area (TPSA) is 521 Å². The van der Waals surface area contributed by atoms with E-state index in [-0.39, 0.29) is 140 Å². The molecule has 2 saturated heterocycles. The van der Waals surface area contributed by atoms with Crippen LogP contribution in [0.4, 0.5) is 4.79 Å². The van der Waals surface area contributed by atoms with Gasteiger partial charge in [-0.3, -0.25) is 48.5 Å². The van der Waals surface area contributed by atoms with E-state index in [0.29, 0.717) is 30.5 Å². The highest BCUT2D eigenvalue weighted by molar-refractivity contribution is 6.32. The van der Waals surface area contributed by atoms with Crippen LogP contribution in [-0.2, 0) is 65.0 Å². The number of likely N-dealkylation sites (N-methyl/N-ethyl adjacent to an activating group) is 3. The van der Waals surface area contributed by atoms with Crippen LogP contribution in [0, 0.1) is 41.9 Å². The van der Waals surface area contributed by atoms with Crippen molar-refractivity contribution in [3.63, 3.8) is 0 Å². The number of aliphatic hydroxyl groups excluding tert-OH is 4. The average Bonchev–Trinajstić information content (AvgIpc) is 1.49. The Kier molecular flexibility index (Phi) is 23.7. The van der Waals surface area contributed by atoms with Crippen molar-refractivity contribution in [2.24, 2.45) is 35.0 Å². The molecule has 1 spiro atoms. The molecule has 20 unspecified atom stereocenters. The maximum atomic E-state index is 16.7. The minimum Gasteiger partial charge on any atom is -0.508 e. The fraction of sp³-hybridized carbons (Fsp3) is 0.465. The molecule has 7 heterocycles. The second kappa shape index (κ2) is 34.2. The van der Waals surface area contributed by atoms with Gasteiger partial charge in [-0.05, 0) is 218 Å². The van der Waals surface area contributed by atoms with Crippen molar-refractivity contribution in [2.75, 3.05) is 54.0 Å². The number of benzene rings is 6. The number of hydrogen-bond acceptors (Lipinski definition) is 27. The maximum Gasteiger partial charge on any atom is 0.407 e. The number of ether oxygens (including phenoxy) is 7. The fourth-order valence-corrected chi connectivity index (χ4v) is 19.7. The number of aliphatic hydroxyl groups is 6. The van der Waals surface area contributed by atoms with Gasteiger partial charge in [-0.25, -0.2) is 4.79 Å². The summed E-state index contributed by atoms with van der Waals surface area (Å²) >= 11 is 7.26. The Morgan fingerprint density at radius 3 is 2.10 bits per heavy atom. The first-order valence-electron chi connectivity index (χ1n) is 41.0. The summed E-state index contributed by atoms with van der Waals surface area (Å²) in [4.78, 5) is 153. The number of phenolic OH excluding ortho intramolecular Hbond substituents is 1. The maximum absolute atomic E-state index is 16.7. The Morgan fingerprint density at radius 2 is 1.38 bits per heavy atom. The van der Waals surface area contributed by atoms with Gasteiger partial charge in [0.25, 0.3) is 5.91 Å². The summed E-state index contributed by atoms with van der Waals surface area (Å²) in [5.74, 6) is -14.7. The molecule has 7 aliphatic heterocycles. The molecule has 6 aromatic carbocycles. The summed E-state index contributed by atoms with van der Waals surface area (Å²) in [6.45, 7) is 6.20. The van der Waals surface area contributed by atoms with Crippen LogP contribution in [-0.4, -0.2) is 210 Å². The number of aromatic hydroxyl groups is 1. The molecule has 12 aliphatic rings. The molecule has 10 amide bonds. The van der Waals surface area contributed by atoms with E-state index in [4.69, 9.17) is 44.8 Å². The zero-order valence-corrected chi connectivity index (χ0v) is 68.5. The summed E-state index contributed by atoms with van der Waals surface area (Å²) < 4.78 is 43.6. The lowest BCUT2D eigenvalue weighted by molar-refractivity contribution is -0.275. The number of fused-ring (bicyclic) bond motifs is 14. The second-order valence-corrected chi connectivity index (χ2v) is 34.1. The minimum absolute atomic E-state index is 0.0149. The SMILES string of the molecule is CNCCOCc1cc(OCCNC)cc(C(=O)NC(=O)CC2NC(=O)C(NC(=O)C(CC(C)C)NC)C(O)c3ccc(c(C)c3)Oc3cc4cc(c3OC3OC5CNC(=O)OC5C(O)C3O)Oc3ccc(cc3Cl)C(O)C3NC(=O)C(NC(=O)C4NC2=O)c2ccc4c(c2)-c2c(cc(O)cc2C4(O)O)C(C(=O)NC2C4CC5CC6CC2C56C4)NC3=O)c1. The Hall–Kier alpha value is -11.1. The third kappa shape index (κ3) is 16.2. The van der Waals surface area contributed by atoms with Crippen molar-refractivity contribution in [1.29, 1.82) is 0 Å². The summed E-state index contributed by atoms with van der Waals surface area (Å²) in [7, 11) is 4.94. The number of carbonyl (C=O) groups excluding carboxylic acids is 10. The van der Waals surface area contributed by atoms with Crippen LogP contribution in [0.2, 0.25) is 5.02 Å². The highest BCUT2D eigenvalue weighted by Crippen LogP contribution is 2.81. The van der Waals surface area contributed by atoms with Gasteiger partial charge in [0, 0.05) is 35.8 Å². The van der Waals surface area contributed by atoms with Crippen molar-refractivity contribution >= 4 is 70.9 Å². The molecule has 18 rings (SSSR count). The van der Waals surface area contributed by atoms with Gasteiger partial charge >= 0.3 is 6.09 Å². The van der Waals surface area contributed by atoms with Crippen LogP contribution in [0.3, 0.4) is 0 Å². The van der Waals surface area contributed by atoms with Gasteiger partial charge in [0.15, 0.2) is 17.6 Å². The lowest BCUT2D eigenvalue weighted by Gasteiger charge is -2.67. The van der Waals surface area contributed by atoms with Gasteiger partial charge in [0.2, 0.25) is 65.1 Å². The Balaban J connectivity index is 0.860. The lowest BCUT2D eigenvalue weighted by atomic mass is 9.38. The number of alkyl carbamates (subject to hydrolysis) is 1. The Bertz CT molecular complexity index is 5270. The van der Waals surface area contributed by atoms with Gasteiger partial charge in [0.1, 0.15) is 96.4 Å². The molecule has 123 heavy (non-hydrogen) atoms. The van der Waals surface area contributed by atoms with Gasteiger partial charge in [-0.2, -0.15) is 0 Å². The van der Waals surface area contributed by atoms with E-state index in [1.165, 1.54) is 86.8 Å². The second-order valence-electron chi connectivity index (χ2n) is 33.7. The molecule has 36 nitrogen and oxygen atoms in total. The van der Waals surface area contributed by atoms with Crippen LogP contribution < -0.4 is 82.7 Å². The zero-order valence-electron chi connectivity index (χ0n) is 67.7. The normalized spacial score (nSPS) is 29.3. The summed E-state index contributed by atoms with van der Waals surface area (Å²) in [5.41, 5.74) is -1.24. The summed E-state index contributed by atoms with van der Waals surface area (Å²) in [6.07, 6.45) is -10.9. The Morgan fingerprint density at radius 1 is 0.683 bits per heavy atom. The van der Waals surface area contributed by atoms with Gasteiger partial charge in [-0.1, -0.05) is 49.7 Å². The van der Waals surface area contributed by atoms with E-state index in [9.17, 15) is 54.9 Å². The molecule has 6 aromatic rings. The number of rotatable bonds is 21. The number of nitrogens with one attached hydrogen (secondary N) is 12. The van der Waals surface area contributed by atoms with Crippen LogP contribution >= 0.6 is 11.6 Å². The first-order chi connectivity index (χ1) is 58.8. The smallest absolute Gasteiger partial charge is 0.407 e. The average molecular weight is 1720 g/mol. The lowest BCUT2D eigenvalue weighted by Crippen LogP contribution is -2.65. The van der Waals surface area contributed by atoms with Crippen molar-refractivity contribution < 1.29 is 117 Å². The predicted octanol–water partition coefficient (Wildman–Crippen LogP) is 1.64. The number of imide groups is 1. The zero-order chi connectivity index (χ0) is 87.1. The highest BCUT2D eigenvalue weighted by Gasteiger charge is 2.76. The van der Waals surface area contributed by atoms with Gasteiger partial charge in [-0.15, -0.1) is 0 Å². The molecule has 6 fully saturated rings. The van der Waals surface area contributed by atoms with E-state index in [0.717, 1.165) is 43.9 Å². The number of halogens is 1. The molecule has 19 N–H and O–H groups in total. The molecule has 4 saturated carbocycles. The summed E-state index contributed by atoms with van der Waals surface area (Å²) in [6, 6.07) is 6.11. The molecule has 0 aromatic heterocycles. The van der Waals surface area contributed by atoms with Crippen molar-refractivity contribution in [3.8, 4) is 51.4 Å². The molecule has 13 bridgehead atoms. The first kappa shape index (κ1) is 85.4. The van der Waals surface area contributed by atoms with Crippen molar-refractivity contribution in [2.45, 2.75) is 163 Å². The van der Waals surface area contributed by atoms with Crippen molar-refractivity contribution in [3.05, 3.63) is 158 Å². The van der Waals surface area contributed by atoms with Gasteiger partial charge < -0.3 is 127 Å². The third-order valence-electron chi connectivity index (χ3n) is 25.6. The van der Waals surface area contributed by atoms with E-state index < -0.39 is 185 Å². The molecular weight excluding hydrogens is 1620 g/mol. The quantitative estimate of drug-likeness (QED) is 0.0360. The van der Waals surface area contributed by atoms with Crippen LogP contribution in [0.15, 0.2) is 97.1 Å². The Labute approximate surface area is 709 Å². The predicted molar refractivity (Wildman–Crippen MR) is 432 cm³/mol. The van der Waals surface area contributed by atoms with Crippen LogP contribution in [0.1, 0.15) is 143 Å².